The van der Waals surface area contributed by atoms with Gasteiger partial charge in [0.1, 0.15) is 17.1 Å². The second-order valence-electron chi connectivity index (χ2n) is 8.03. The number of fused-ring (bicyclic) bond motifs is 2. The summed E-state index contributed by atoms with van der Waals surface area (Å²) in [7, 11) is 1.78. The molecule has 1 N–H and O–H groups in total. The molecule has 2 saturated heterocycles. The molecule has 3 heterocycles. The third kappa shape index (κ3) is 2.63. The Bertz CT molecular complexity index is 666. The molecular formula is C17H24ClFN4O2. The van der Waals surface area contributed by atoms with E-state index >= 15 is 4.39 Å². The van der Waals surface area contributed by atoms with Crippen molar-refractivity contribution >= 4 is 23.5 Å². The van der Waals surface area contributed by atoms with Gasteiger partial charge in [0.15, 0.2) is 0 Å². The highest BCUT2D eigenvalue weighted by Gasteiger charge is 2.65. The number of alkyl halides is 1. The van der Waals surface area contributed by atoms with E-state index in [1.165, 1.54) is 17.3 Å². The van der Waals surface area contributed by atoms with Crippen molar-refractivity contribution in [2.45, 2.75) is 63.8 Å². The lowest BCUT2D eigenvalue weighted by molar-refractivity contribution is -0.0756. The number of nitrogens with zero attached hydrogens (tertiary/aromatic N) is 4. The van der Waals surface area contributed by atoms with Crippen LogP contribution in [0, 0.1) is 5.41 Å². The van der Waals surface area contributed by atoms with E-state index in [2.05, 4.69) is 9.97 Å². The van der Waals surface area contributed by atoms with Crippen molar-refractivity contribution in [2.24, 2.45) is 5.41 Å². The van der Waals surface area contributed by atoms with E-state index in [-0.39, 0.29) is 11.2 Å². The molecule has 3 rings (SSSR count). The molecule has 0 aliphatic carbocycles. The average Bonchev–Trinajstić information content (AvgIpc) is 2.85. The highest BCUT2D eigenvalue weighted by atomic mass is 35.5. The van der Waals surface area contributed by atoms with Crippen LogP contribution in [0.2, 0.25) is 5.15 Å². The summed E-state index contributed by atoms with van der Waals surface area (Å²) >= 11 is 5.78. The third-order valence-corrected chi connectivity index (χ3v) is 6.13. The Labute approximate surface area is 152 Å². The van der Waals surface area contributed by atoms with Crippen molar-refractivity contribution in [3.05, 3.63) is 17.5 Å². The smallest absolute Gasteiger partial charge is 0.408 e. The summed E-state index contributed by atoms with van der Waals surface area (Å²) < 4.78 is 15.9. The number of carbonyl (C=O) groups is 1. The Hall–Kier alpha value is -1.63. The molecule has 25 heavy (non-hydrogen) atoms. The maximum absolute atomic E-state index is 15.9. The van der Waals surface area contributed by atoms with Crippen LogP contribution in [0.15, 0.2) is 12.4 Å². The number of anilines is 1. The van der Waals surface area contributed by atoms with E-state index in [4.69, 9.17) is 11.6 Å². The van der Waals surface area contributed by atoms with Crippen LogP contribution >= 0.6 is 11.6 Å². The van der Waals surface area contributed by atoms with Crippen molar-refractivity contribution in [1.29, 1.82) is 0 Å². The average molecular weight is 371 g/mol. The van der Waals surface area contributed by atoms with E-state index in [1.54, 1.807) is 11.9 Å². The zero-order valence-corrected chi connectivity index (χ0v) is 15.7. The second kappa shape index (κ2) is 5.97. The predicted octanol–water partition coefficient (Wildman–Crippen LogP) is 3.60. The third-order valence-electron chi connectivity index (χ3n) is 5.93. The lowest BCUT2D eigenvalue weighted by atomic mass is 9.66. The Morgan fingerprint density at radius 2 is 2.12 bits per heavy atom. The quantitative estimate of drug-likeness (QED) is 0.861. The maximum atomic E-state index is 15.9. The number of halogens is 2. The number of amides is 1. The van der Waals surface area contributed by atoms with Crippen LogP contribution < -0.4 is 4.90 Å². The lowest BCUT2D eigenvalue weighted by Gasteiger charge is -2.56. The van der Waals surface area contributed by atoms with E-state index < -0.39 is 29.3 Å². The van der Waals surface area contributed by atoms with Crippen molar-refractivity contribution in [3.8, 4) is 0 Å². The van der Waals surface area contributed by atoms with Crippen LogP contribution in [-0.4, -0.2) is 56.9 Å². The molecule has 0 aromatic carbocycles. The standard InChI is InChI=1S/C17H24ClFN4O2/c1-16(2,3)17-6-5-10(23(17)15(24)25)7-11(14(17)19)22(4)13-9-20-12(18)8-21-13/h8-11,14H,5-7H2,1-4H3,(H,24,25)/t10-,11-,14-,17-/m1/s1. The fraction of sp³-hybridized carbons (Fsp3) is 0.706. The van der Waals surface area contributed by atoms with Crippen LogP contribution in [0.4, 0.5) is 15.0 Å². The van der Waals surface area contributed by atoms with Gasteiger partial charge in [-0.05, 0) is 24.7 Å². The van der Waals surface area contributed by atoms with Crippen molar-refractivity contribution < 1.29 is 14.3 Å². The van der Waals surface area contributed by atoms with Crippen LogP contribution in [0.3, 0.4) is 0 Å². The Balaban J connectivity index is 2.00. The molecule has 0 saturated carbocycles. The van der Waals surface area contributed by atoms with E-state index in [1.807, 2.05) is 20.8 Å². The highest BCUT2D eigenvalue weighted by Crippen LogP contribution is 2.55. The molecule has 0 unspecified atom stereocenters. The van der Waals surface area contributed by atoms with Gasteiger partial charge in [-0.1, -0.05) is 32.4 Å². The Morgan fingerprint density at radius 1 is 1.44 bits per heavy atom. The van der Waals surface area contributed by atoms with Gasteiger partial charge in [0.05, 0.1) is 24.0 Å². The van der Waals surface area contributed by atoms with Crippen LogP contribution in [0.5, 0.6) is 0 Å². The van der Waals surface area contributed by atoms with Crippen molar-refractivity contribution in [2.75, 3.05) is 11.9 Å². The molecule has 2 aliphatic rings. The number of aromatic nitrogens is 2. The normalized spacial score (nSPS) is 31.9. The number of rotatable bonds is 2. The predicted molar refractivity (Wildman–Crippen MR) is 93.8 cm³/mol. The van der Waals surface area contributed by atoms with Gasteiger partial charge >= 0.3 is 6.09 Å². The fourth-order valence-corrected chi connectivity index (χ4v) is 4.76. The Kier molecular flexibility index (Phi) is 4.34. The first-order chi connectivity index (χ1) is 11.6. The molecular weight excluding hydrogens is 347 g/mol. The first-order valence-corrected chi connectivity index (χ1v) is 8.84. The summed E-state index contributed by atoms with van der Waals surface area (Å²) in [5.41, 5.74) is -1.56. The second-order valence-corrected chi connectivity index (χ2v) is 8.42. The highest BCUT2D eigenvalue weighted by molar-refractivity contribution is 6.29. The fourth-order valence-electron chi connectivity index (χ4n) is 4.66. The van der Waals surface area contributed by atoms with Crippen LogP contribution in [0.25, 0.3) is 0 Å². The van der Waals surface area contributed by atoms with Gasteiger partial charge in [-0.3, -0.25) is 4.90 Å². The first kappa shape index (κ1) is 18.2. The summed E-state index contributed by atoms with van der Waals surface area (Å²) in [6.07, 6.45) is 2.24. The number of hydrogen-bond donors (Lipinski definition) is 1. The topological polar surface area (TPSA) is 69.6 Å². The molecule has 2 fully saturated rings. The summed E-state index contributed by atoms with van der Waals surface area (Å²) in [6.45, 7) is 5.76. The zero-order chi connectivity index (χ0) is 18.6. The monoisotopic (exact) mass is 370 g/mol. The largest absolute Gasteiger partial charge is 0.465 e. The van der Waals surface area contributed by atoms with Gasteiger partial charge in [0.25, 0.3) is 0 Å². The van der Waals surface area contributed by atoms with Gasteiger partial charge in [-0.2, -0.15) is 0 Å². The molecule has 2 aliphatic heterocycles. The minimum Gasteiger partial charge on any atom is -0.465 e. The summed E-state index contributed by atoms with van der Waals surface area (Å²) in [5.74, 6) is 0.532. The summed E-state index contributed by atoms with van der Waals surface area (Å²) in [6, 6.07) is -0.644. The number of carboxylic acid groups (broad SMARTS) is 1. The molecule has 1 aromatic rings. The van der Waals surface area contributed by atoms with Gasteiger partial charge in [0, 0.05) is 13.1 Å². The van der Waals surface area contributed by atoms with Crippen LogP contribution in [0.1, 0.15) is 40.0 Å². The lowest BCUT2D eigenvalue weighted by Crippen LogP contribution is -2.70. The maximum Gasteiger partial charge on any atom is 0.408 e. The molecule has 138 valence electrons. The van der Waals surface area contributed by atoms with Gasteiger partial charge in [-0.15, -0.1) is 0 Å². The van der Waals surface area contributed by atoms with Crippen molar-refractivity contribution in [1.82, 2.24) is 14.9 Å². The number of piperidine rings is 1. The first-order valence-electron chi connectivity index (χ1n) is 8.46. The molecule has 0 spiro atoms. The van der Waals surface area contributed by atoms with Gasteiger partial charge < -0.3 is 10.0 Å². The molecule has 2 bridgehead atoms. The Morgan fingerprint density at radius 3 is 2.64 bits per heavy atom. The SMILES string of the molecule is CN(c1cnc(Cl)cn1)[C@@H]1C[C@H]2CC[C@](C(C)(C)C)([C@@H]1F)N2C(=O)O. The van der Waals surface area contributed by atoms with Crippen LogP contribution in [-0.2, 0) is 0 Å². The molecule has 8 heteroatoms. The van der Waals surface area contributed by atoms with E-state index in [0.717, 1.165) is 0 Å². The van der Waals surface area contributed by atoms with E-state index in [9.17, 15) is 9.90 Å². The zero-order valence-electron chi connectivity index (χ0n) is 14.9. The summed E-state index contributed by atoms with van der Waals surface area (Å²) in [5, 5.41) is 10.0. The molecule has 1 amide bonds. The minimum absolute atomic E-state index is 0.184. The van der Waals surface area contributed by atoms with Crippen molar-refractivity contribution in [3.63, 3.8) is 0 Å². The van der Waals surface area contributed by atoms with E-state index in [0.29, 0.717) is 25.1 Å². The summed E-state index contributed by atoms with van der Waals surface area (Å²) in [4.78, 5) is 23.3. The van der Waals surface area contributed by atoms with Gasteiger partial charge in [0.2, 0.25) is 0 Å². The molecule has 4 atom stereocenters. The minimum atomic E-state index is -1.33. The molecule has 6 nitrogen and oxygen atoms in total. The number of hydrogen-bond acceptors (Lipinski definition) is 4. The van der Waals surface area contributed by atoms with Gasteiger partial charge in [-0.25, -0.2) is 19.2 Å². The molecule has 1 aromatic heterocycles. The molecule has 0 radical (unpaired) electrons.